The van der Waals surface area contributed by atoms with Gasteiger partial charge < -0.3 is 25.0 Å². The van der Waals surface area contributed by atoms with Crippen molar-refractivity contribution in [2.24, 2.45) is 0 Å². The van der Waals surface area contributed by atoms with Crippen LogP contribution in [-0.4, -0.2) is 15.3 Å². The van der Waals surface area contributed by atoms with E-state index in [1.165, 1.54) is 0 Å². The van der Waals surface area contributed by atoms with Crippen molar-refractivity contribution >= 4 is 17.1 Å². The first-order valence-electron chi connectivity index (χ1n) is 10.3. The topological polar surface area (TPSA) is 73.2 Å². The summed E-state index contributed by atoms with van der Waals surface area (Å²) in [6.45, 7) is 5.71. The molecule has 0 aliphatic heterocycles. The van der Waals surface area contributed by atoms with E-state index in [1.807, 2.05) is 62.1 Å². The molecule has 0 heterocycles. The summed E-state index contributed by atoms with van der Waals surface area (Å²) in [4.78, 5) is 1.85. The zero-order chi connectivity index (χ0) is 22.8. The number of phenols is 3. The van der Waals surface area contributed by atoms with Crippen LogP contribution in [0, 0.1) is 20.8 Å². The van der Waals surface area contributed by atoms with Gasteiger partial charge in [-0.05, 0) is 92.1 Å². The van der Waals surface area contributed by atoms with Crippen molar-refractivity contribution in [2.75, 3.05) is 4.90 Å². The number of ether oxygens (including phenoxy) is 1. The van der Waals surface area contributed by atoms with E-state index >= 15 is 0 Å². The van der Waals surface area contributed by atoms with Crippen LogP contribution in [-0.2, 0) is 0 Å². The second-order valence-corrected chi connectivity index (χ2v) is 7.77. The fraction of sp³-hybridized carbons (Fsp3) is 0.111. The Balaban J connectivity index is 1.79. The molecule has 0 aliphatic rings. The lowest BCUT2D eigenvalue weighted by atomic mass is 10.1. The largest absolute Gasteiger partial charge is 0.508 e. The number of phenolic OH excluding ortho intramolecular Hbond substituents is 3. The monoisotopic (exact) mass is 427 g/mol. The molecule has 32 heavy (non-hydrogen) atoms. The molecule has 0 fully saturated rings. The maximum Gasteiger partial charge on any atom is 0.139 e. The molecule has 0 radical (unpaired) electrons. The van der Waals surface area contributed by atoms with Crippen LogP contribution in [0.25, 0.3) is 0 Å². The molecule has 0 spiro atoms. The summed E-state index contributed by atoms with van der Waals surface area (Å²) in [6.07, 6.45) is 0. The number of rotatable bonds is 5. The molecule has 0 aliphatic carbocycles. The highest BCUT2D eigenvalue weighted by molar-refractivity contribution is 5.86. The highest BCUT2D eigenvalue weighted by atomic mass is 16.5. The van der Waals surface area contributed by atoms with Gasteiger partial charge >= 0.3 is 0 Å². The molecular weight excluding hydrogens is 402 g/mol. The third-order valence-electron chi connectivity index (χ3n) is 5.36. The Labute approximate surface area is 187 Å². The summed E-state index contributed by atoms with van der Waals surface area (Å²) < 4.78 is 5.98. The molecule has 3 N–H and O–H groups in total. The van der Waals surface area contributed by atoms with Crippen LogP contribution in [0.1, 0.15) is 16.7 Å². The van der Waals surface area contributed by atoms with E-state index < -0.39 is 0 Å². The Morgan fingerprint density at radius 3 is 1.69 bits per heavy atom. The third kappa shape index (κ3) is 4.05. The number of benzene rings is 4. The lowest BCUT2D eigenvalue weighted by molar-refractivity contribution is 0.461. The van der Waals surface area contributed by atoms with E-state index in [0.29, 0.717) is 22.9 Å². The molecule has 4 rings (SSSR count). The molecule has 5 nitrogen and oxygen atoms in total. The number of nitrogens with zero attached hydrogens (tertiary/aromatic N) is 1. The number of anilines is 3. The van der Waals surface area contributed by atoms with Gasteiger partial charge in [-0.3, -0.25) is 0 Å². The predicted molar refractivity (Wildman–Crippen MR) is 127 cm³/mol. The Bertz CT molecular complexity index is 1170. The van der Waals surface area contributed by atoms with Crippen molar-refractivity contribution in [1.29, 1.82) is 0 Å². The summed E-state index contributed by atoms with van der Waals surface area (Å²) >= 11 is 0. The lowest BCUT2D eigenvalue weighted by Gasteiger charge is -2.29. The highest BCUT2D eigenvalue weighted by Gasteiger charge is 2.22. The maximum atomic E-state index is 10.7. The van der Waals surface area contributed by atoms with Crippen molar-refractivity contribution < 1.29 is 20.1 Å². The van der Waals surface area contributed by atoms with Gasteiger partial charge in [-0.2, -0.15) is 0 Å². The average molecular weight is 428 g/mol. The molecule has 0 saturated heterocycles. The number of hydrogen-bond donors (Lipinski definition) is 3. The van der Waals surface area contributed by atoms with Crippen LogP contribution in [0.2, 0.25) is 0 Å². The van der Waals surface area contributed by atoms with E-state index in [1.54, 1.807) is 42.5 Å². The zero-order valence-corrected chi connectivity index (χ0v) is 18.2. The summed E-state index contributed by atoms with van der Waals surface area (Å²) in [5.41, 5.74) is 4.51. The van der Waals surface area contributed by atoms with Crippen LogP contribution in [0.5, 0.6) is 28.7 Å². The molecule has 0 bridgehead atoms. The Morgan fingerprint density at radius 2 is 1.19 bits per heavy atom. The second-order valence-electron chi connectivity index (χ2n) is 7.77. The number of para-hydroxylation sites is 2. The zero-order valence-electron chi connectivity index (χ0n) is 18.2. The average Bonchev–Trinajstić information content (AvgIpc) is 2.75. The molecule has 0 amide bonds. The van der Waals surface area contributed by atoms with Gasteiger partial charge in [-0.15, -0.1) is 0 Å². The summed E-state index contributed by atoms with van der Waals surface area (Å²) in [6, 6.07) is 23.1. The fourth-order valence-electron chi connectivity index (χ4n) is 3.78. The van der Waals surface area contributed by atoms with Crippen molar-refractivity contribution in [3.8, 4) is 28.7 Å². The molecular formula is C27H25NO4. The van der Waals surface area contributed by atoms with Crippen LogP contribution >= 0.6 is 0 Å². The van der Waals surface area contributed by atoms with Crippen molar-refractivity contribution in [2.45, 2.75) is 20.8 Å². The van der Waals surface area contributed by atoms with E-state index in [-0.39, 0.29) is 17.2 Å². The van der Waals surface area contributed by atoms with Crippen LogP contribution in [0.3, 0.4) is 0 Å². The molecule has 162 valence electrons. The van der Waals surface area contributed by atoms with Gasteiger partial charge in [0.2, 0.25) is 0 Å². The van der Waals surface area contributed by atoms with Gasteiger partial charge in [0.1, 0.15) is 28.7 Å². The minimum absolute atomic E-state index is 0.118. The van der Waals surface area contributed by atoms with Gasteiger partial charge in [0.25, 0.3) is 0 Å². The smallest absolute Gasteiger partial charge is 0.139 e. The molecule has 0 aromatic heterocycles. The second kappa shape index (κ2) is 8.55. The minimum atomic E-state index is 0.118. The highest BCUT2D eigenvalue weighted by Crippen LogP contribution is 2.46. The molecule has 5 heteroatoms. The predicted octanol–water partition coefficient (Wildman–Crippen LogP) is 6.99. The molecule has 0 atom stereocenters. The molecule has 4 aromatic carbocycles. The maximum absolute atomic E-state index is 10.7. The quantitative estimate of drug-likeness (QED) is 0.320. The summed E-state index contributed by atoms with van der Waals surface area (Å²) in [7, 11) is 0. The minimum Gasteiger partial charge on any atom is -0.508 e. The Kier molecular flexibility index (Phi) is 5.65. The van der Waals surface area contributed by atoms with E-state index in [9.17, 15) is 15.3 Å². The normalized spacial score (nSPS) is 10.7. The SMILES string of the molecule is Cc1cc(O)ccc1Oc1ccc(N(c2c(C)cccc2O)c2c(C)cccc2O)cc1. The van der Waals surface area contributed by atoms with Crippen LogP contribution < -0.4 is 9.64 Å². The van der Waals surface area contributed by atoms with Gasteiger partial charge in [-0.1, -0.05) is 24.3 Å². The van der Waals surface area contributed by atoms with Gasteiger partial charge in [0, 0.05) is 5.69 Å². The first kappa shape index (κ1) is 21.1. The number of aromatic hydroxyl groups is 3. The molecule has 0 unspecified atom stereocenters. The fourth-order valence-corrected chi connectivity index (χ4v) is 3.78. The molecule has 0 saturated carbocycles. The van der Waals surface area contributed by atoms with Crippen molar-refractivity contribution in [3.05, 3.63) is 95.6 Å². The van der Waals surface area contributed by atoms with Gasteiger partial charge in [-0.25, -0.2) is 0 Å². The third-order valence-corrected chi connectivity index (χ3v) is 5.36. The van der Waals surface area contributed by atoms with E-state index in [0.717, 1.165) is 22.4 Å². The van der Waals surface area contributed by atoms with E-state index in [4.69, 9.17) is 4.74 Å². The van der Waals surface area contributed by atoms with Crippen molar-refractivity contribution in [3.63, 3.8) is 0 Å². The van der Waals surface area contributed by atoms with Gasteiger partial charge in [0.15, 0.2) is 0 Å². The van der Waals surface area contributed by atoms with Crippen LogP contribution in [0.15, 0.2) is 78.9 Å². The van der Waals surface area contributed by atoms with Crippen LogP contribution in [0.4, 0.5) is 17.1 Å². The standard InChI is InChI=1S/C27H25NO4/c1-17-6-4-8-23(30)26(17)28(27-18(2)7-5-9-24(27)31)20-10-13-22(14-11-20)32-25-15-12-21(29)16-19(25)3/h4-16,29-31H,1-3H3. The summed E-state index contributed by atoms with van der Waals surface area (Å²) in [5.74, 6) is 1.71. The summed E-state index contributed by atoms with van der Waals surface area (Å²) in [5, 5.41) is 31.0. The Morgan fingerprint density at radius 1 is 0.625 bits per heavy atom. The van der Waals surface area contributed by atoms with Gasteiger partial charge in [0.05, 0.1) is 11.4 Å². The first-order chi connectivity index (χ1) is 15.3. The number of aryl methyl sites for hydroxylation is 3. The van der Waals surface area contributed by atoms with Crippen molar-refractivity contribution in [1.82, 2.24) is 0 Å². The lowest BCUT2D eigenvalue weighted by Crippen LogP contribution is -2.13. The number of hydrogen-bond acceptors (Lipinski definition) is 5. The first-order valence-corrected chi connectivity index (χ1v) is 10.3. The van der Waals surface area contributed by atoms with E-state index in [2.05, 4.69) is 0 Å². The Hall–Kier alpha value is -4.12. The molecule has 4 aromatic rings.